The number of rotatable bonds is 5. The summed E-state index contributed by atoms with van der Waals surface area (Å²) in [5.74, 6) is 0.912. The van der Waals surface area contributed by atoms with E-state index in [1.54, 1.807) is 13.3 Å². The molecule has 1 aliphatic heterocycles. The van der Waals surface area contributed by atoms with Crippen LogP contribution < -0.4 is 10.1 Å². The van der Waals surface area contributed by atoms with Crippen LogP contribution in [-0.2, 0) is 16.4 Å². The maximum Gasteiger partial charge on any atom is 0.217 e. The highest BCUT2D eigenvalue weighted by Crippen LogP contribution is 2.19. The zero-order valence-corrected chi connectivity index (χ0v) is 11.2. The molecular formula is C12H18N2O3S. The van der Waals surface area contributed by atoms with Crippen LogP contribution in [0.1, 0.15) is 18.4 Å². The van der Waals surface area contributed by atoms with Crippen LogP contribution in [-0.4, -0.2) is 38.1 Å². The van der Waals surface area contributed by atoms with Crippen molar-refractivity contribution >= 4 is 9.84 Å². The van der Waals surface area contributed by atoms with Gasteiger partial charge in [-0.15, -0.1) is 0 Å². The Bertz CT molecular complexity index is 502. The van der Waals surface area contributed by atoms with E-state index in [1.165, 1.54) is 0 Å². The average Bonchev–Trinajstić information content (AvgIpc) is 2.69. The van der Waals surface area contributed by atoms with Crippen LogP contribution in [0.5, 0.6) is 5.88 Å². The number of hydrogen-bond acceptors (Lipinski definition) is 5. The summed E-state index contributed by atoms with van der Waals surface area (Å²) in [6.45, 7) is 1.07. The molecule has 1 unspecified atom stereocenters. The summed E-state index contributed by atoms with van der Waals surface area (Å²) < 4.78 is 28.4. The van der Waals surface area contributed by atoms with Gasteiger partial charge in [0, 0.05) is 24.8 Å². The van der Waals surface area contributed by atoms with E-state index in [2.05, 4.69) is 10.3 Å². The van der Waals surface area contributed by atoms with E-state index >= 15 is 0 Å². The number of pyridine rings is 1. The fraction of sp³-hybridized carbons (Fsp3) is 0.583. The Hall–Kier alpha value is -1.14. The van der Waals surface area contributed by atoms with Gasteiger partial charge in [-0.05, 0) is 18.9 Å². The van der Waals surface area contributed by atoms with Gasteiger partial charge in [0.15, 0.2) is 9.84 Å². The lowest BCUT2D eigenvalue weighted by molar-refractivity contribution is 0.390. The van der Waals surface area contributed by atoms with E-state index in [4.69, 9.17) is 4.74 Å². The molecule has 0 aromatic carbocycles. The molecular weight excluding hydrogens is 252 g/mol. The van der Waals surface area contributed by atoms with Crippen molar-refractivity contribution in [3.8, 4) is 5.88 Å². The van der Waals surface area contributed by atoms with Crippen LogP contribution >= 0.6 is 0 Å². The summed E-state index contributed by atoms with van der Waals surface area (Å²) in [6, 6.07) is 3.76. The van der Waals surface area contributed by atoms with Crippen molar-refractivity contribution in [2.24, 2.45) is 0 Å². The summed E-state index contributed by atoms with van der Waals surface area (Å²) >= 11 is 0. The molecule has 2 heterocycles. The second-order valence-corrected chi connectivity index (χ2v) is 6.83. The molecule has 100 valence electrons. The molecule has 18 heavy (non-hydrogen) atoms. The van der Waals surface area contributed by atoms with E-state index in [0.717, 1.165) is 18.4 Å². The van der Waals surface area contributed by atoms with Crippen molar-refractivity contribution in [3.05, 3.63) is 23.9 Å². The summed E-state index contributed by atoms with van der Waals surface area (Å²) in [5, 5.41) is 2.94. The highest BCUT2D eigenvalue weighted by Gasteiger charge is 2.30. The molecule has 0 bridgehead atoms. The lowest BCUT2D eigenvalue weighted by Crippen LogP contribution is -2.30. The molecule has 1 aliphatic rings. The molecule has 1 aromatic heterocycles. The fourth-order valence-corrected chi connectivity index (χ4v) is 4.00. The minimum absolute atomic E-state index is 0.236. The van der Waals surface area contributed by atoms with Crippen molar-refractivity contribution < 1.29 is 13.2 Å². The van der Waals surface area contributed by atoms with Crippen LogP contribution in [0.15, 0.2) is 18.3 Å². The maximum atomic E-state index is 11.7. The third kappa shape index (κ3) is 3.00. The van der Waals surface area contributed by atoms with Gasteiger partial charge in [-0.1, -0.05) is 6.07 Å². The van der Waals surface area contributed by atoms with Crippen LogP contribution in [0.4, 0.5) is 0 Å². The van der Waals surface area contributed by atoms with Crippen LogP contribution in [0.2, 0.25) is 0 Å². The molecule has 0 spiro atoms. The average molecular weight is 270 g/mol. The molecule has 1 aromatic rings. The molecule has 5 nitrogen and oxygen atoms in total. The third-order valence-electron chi connectivity index (χ3n) is 3.19. The van der Waals surface area contributed by atoms with Gasteiger partial charge in [0.1, 0.15) is 0 Å². The maximum absolute atomic E-state index is 11.7. The molecule has 0 amide bonds. The Labute approximate surface area is 107 Å². The van der Waals surface area contributed by atoms with Crippen molar-refractivity contribution in [2.75, 3.05) is 19.4 Å². The van der Waals surface area contributed by atoms with E-state index in [1.807, 2.05) is 12.1 Å². The third-order valence-corrected chi connectivity index (χ3v) is 5.47. The van der Waals surface area contributed by atoms with E-state index in [-0.39, 0.29) is 5.25 Å². The largest absolute Gasteiger partial charge is 0.481 e. The van der Waals surface area contributed by atoms with Crippen LogP contribution in [0.3, 0.4) is 0 Å². The first-order valence-electron chi connectivity index (χ1n) is 6.03. The zero-order chi connectivity index (χ0) is 13.0. The summed E-state index contributed by atoms with van der Waals surface area (Å²) in [5.41, 5.74) is 0.940. The number of hydrogen-bond donors (Lipinski definition) is 1. The smallest absolute Gasteiger partial charge is 0.217 e. The first-order valence-corrected chi connectivity index (χ1v) is 7.75. The standard InChI is InChI=1S/C12H18N2O3S/c1-17-12-10(4-2-6-14-12)8-13-9-11-5-3-7-18(11,15)16/h2,4,6,11,13H,3,5,7-9H2,1H3. The van der Waals surface area contributed by atoms with Gasteiger partial charge in [-0.2, -0.15) is 0 Å². The second-order valence-electron chi connectivity index (χ2n) is 4.43. The molecule has 6 heteroatoms. The van der Waals surface area contributed by atoms with Gasteiger partial charge in [-0.25, -0.2) is 13.4 Å². The van der Waals surface area contributed by atoms with Crippen molar-refractivity contribution in [3.63, 3.8) is 0 Å². The number of methoxy groups -OCH3 is 1. The quantitative estimate of drug-likeness (QED) is 0.855. The van der Waals surface area contributed by atoms with Crippen molar-refractivity contribution in [1.82, 2.24) is 10.3 Å². The Morgan fingerprint density at radius 2 is 2.39 bits per heavy atom. The minimum atomic E-state index is -2.87. The summed E-state index contributed by atoms with van der Waals surface area (Å²) in [7, 11) is -1.29. The Morgan fingerprint density at radius 1 is 1.56 bits per heavy atom. The molecule has 1 saturated heterocycles. The molecule has 1 atom stereocenters. The number of nitrogens with zero attached hydrogens (tertiary/aromatic N) is 1. The molecule has 1 N–H and O–H groups in total. The first-order chi connectivity index (χ1) is 8.63. The Balaban J connectivity index is 1.89. The second kappa shape index (κ2) is 5.67. The highest BCUT2D eigenvalue weighted by atomic mass is 32.2. The first kappa shape index (κ1) is 13.3. The van der Waals surface area contributed by atoms with Crippen LogP contribution in [0, 0.1) is 0 Å². The van der Waals surface area contributed by atoms with Gasteiger partial charge in [0.05, 0.1) is 18.1 Å². The Kier molecular flexibility index (Phi) is 4.19. The number of nitrogens with one attached hydrogen (secondary N) is 1. The van der Waals surface area contributed by atoms with Gasteiger partial charge in [-0.3, -0.25) is 0 Å². The molecule has 0 aliphatic carbocycles. The monoisotopic (exact) mass is 270 g/mol. The van der Waals surface area contributed by atoms with Gasteiger partial charge in [0.25, 0.3) is 0 Å². The summed E-state index contributed by atoms with van der Waals surface area (Å²) in [4.78, 5) is 4.10. The van der Waals surface area contributed by atoms with E-state index in [0.29, 0.717) is 24.7 Å². The fourth-order valence-electron chi connectivity index (χ4n) is 2.20. The van der Waals surface area contributed by atoms with Crippen molar-refractivity contribution in [2.45, 2.75) is 24.6 Å². The SMILES string of the molecule is COc1ncccc1CNCC1CCCS1(=O)=O. The Morgan fingerprint density at radius 3 is 3.06 bits per heavy atom. The topological polar surface area (TPSA) is 68.3 Å². The number of ether oxygens (including phenoxy) is 1. The number of sulfone groups is 1. The lowest BCUT2D eigenvalue weighted by atomic mass is 10.2. The zero-order valence-electron chi connectivity index (χ0n) is 10.4. The molecule has 0 radical (unpaired) electrons. The van der Waals surface area contributed by atoms with E-state index < -0.39 is 9.84 Å². The van der Waals surface area contributed by atoms with Gasteiger partial charge in [0.2, 0.25) is 5.88 Å². The van der Waals surface area contributed by atoms with Gasteiger partial charge < -0.3 is 10.1 Å². The van der Waals surface area contributed by atoms with E-state index in [9.17, 15) is 8.42 Å². The molecule has 0 saturated carbocycles. The molecule has 1 fully saturated rings. The van der Waals surface area contributed by atoms with Gasteiger partial charge >= 0.3 is 0 Å². The predicted octanol–water partition coefficient (Wildman–Crippen LogP) is 0.757. The lowest BCUT2D eigenvalue weighted by Gasteiger charge is -2.12. The number of aromatic nitrogens is 1. The summed E-state index contributed by atoms with van der Waals surface area (Å²) in [6.07, 6.45) is 3.22. The van der Waals surface area contributed by atoms with Crippen LogP contribution in [0.25, 0.3) is 0 Å². The normalized spacial score (nSPS) is 21.9. The van der Waals surface area contributed by atoms with Crippen molar-refractivity contribution in [1.29, 1.82) is 0 Å². The molecule has 2 rings (SSSR count). The predicted molar refractivity (Wildman–Crippen MR) is 69.3 cm³/mol. The highest BCUT2D eigenvalue weighted by molar-refractivity contribution is 7.92. The minimum Gasteiger partial charge on any atom is -0.481 e.